The van der Waals surface area contributed by atoms with Crippen molar-refractivity contribution < 1.29 is 4.79 Å². The Labute approximate surface area is 136 Å². The van der Waals surface area contributed by atoms with Gasteiger partial charge in [0.05, 0.1) is 0 Å². The topological polar surface area (TPSA) is 20.3 Å². The summed E-state index contributed by atoms with van der Waals surface area (Å²) in [4.78, 5) is 14.8. The van der Waals surface area contributed by atoms with Crippen LogP contribution in [0.15, 0.2) is 28.7 Å². The van der Waals surface area contributed by atoms with Crippen molar-refractivity contribution in [1.82, 2.24) is 4.90 Å². The molecule has 0 radical (unpaired) electrons. The molecule has 2 nitrogen and oxygen atoms in total. The second-order valence-corrected chi connectivity index (χ2v) is 7.40. The van der Waals surface area contributed by atoms with E-state index >= 15 is 0 Å². The number of nitrogens with zero attached hydrogens (tertiary/aromatic N) is 1. The predicted molar refractivity (Wildman–Crippen MR) is 89.6 cm³/mol. The number of fused-ring (bicyclic) bond motifs is 1. The Morgan fingerprint density at radius 3 is 2.71 bits per heavy atom. The quantitative estimate of drug-likeness (QED) is 0.744. The third-order valence-electron chi connectivity index (χ3n) is 5.20. The first-order chi connectivity index (χ1) is 10.2. The highest BCUT2D eigenvalue weighted by Crippen LogP contribution is 2.36. The Balaban J connectivity index is 1.51. The Morgan fingerprint density at radius 1 is 1.14 bits per heavy atom. The highest BCUT2D eigenvalue weighted by atomic mass is 79.9. The summed E-state index contributed by atoms with van der Waals surface area (Å²) >= 11 is 3.47. The van der Waals surface area contributed by atoms with Gasteiger partial charge in [-0.25, -0.2) is 0 Å². The molecule has 1 aliphatic carbocycles. The smallest absolute Gasteiger partial charge is 0.165 e. The third kappa shape index (κ3) is 3.75. The number of carbonyl (C=O) groups is 1. The van der Waals surface area contributed by atoms with Crippen LogP contribution in [0.3, 0.4) is 0 Å². The van der Waals surface area contributed by atoms with E-state index in [1.165, 1.54) is 45.2 Å². The lowest BCUT2D eigenvalue weighted by Gasteiger charge is -2.41. The van der Waals surface area contributed by atoms with E-state index in [1.54, 1.807) is 0 Å². The lowest BCUT2D eigenvalue weighted by atomic mass is 9.75. The molecule has 1 aliphatic heterocycles. The van der Waals surface area contributed by atoms with E-state index in [4.69, 9.17) is 0 Å². The standard InChI is InChI=1S/C18H24BrNO/c19-17-8-4-3-7-16(17)18(21)10-12-20-11-9-14-5-1-2-6-15(14)13-20/h3-4,7-8,14-15H,1-2,5-6,9-13H2. The van der Waals surface area contributed by atoms with Gasteiger partial charge in [0.15, 0.2) is 5.78 Å². The largest absolute Gasteiger partial charge is 0.303 e. The first kappa shape index (κ1) is 15.2. The molecular formula is C18H24BrNO. The molecule has 1 saturated carbocycles. The number of ketones is 1. The number of hydrogen-bond acceptors (Lipinski definition) is 2. The van der Waals surface area contributed by atoms with E-state index in [0.29, 0.717) is 6.42 Å². The molecule has 0 spiro atoms. The van der Waals surface area contributed by atoms with Gasteiger partial charge in [-0.2, -0.15) is 0 Å². The molecule has 114 valence electrons. The van der Waals surface area contributed by atoms with E-state index in [2.05, 4.69) is 20.8 Å². The maximum atomic E-state index is 12.3. The summed E-state index contributed by atoms with van der Waals surface area (Å²) in [6.07, 6.45) is 7.66. The molecule has 0 N–H and O–H groups in total. The molecule has 0 aromatic heterocycles. The summed E-state index contributed by atoms with van der Waals surface area (Å²) in [6, 6.07) is 7.75. The Morgan fingerprint density at radius 2 is 1.90 bits per heavy atom. The van der Waals surface area contributed by atoms with Crippen LogP contribution in [-0.2, 0) is 0 Å². The van der Waals surface area contributed by atoms with Crippen LogP contribution in [0.5, 0.6) is 0 Å². The van der Waals surface area contributed by atoms with E-state index in [1.807, 2.05) is 24.3 Å². The minimum Gasteiger partial charge on any atom is -0.303 e. The van der Waals surface area contributed by atoms with Crippen LogP contribution in [0, 0.1) is 11.8 Å². The lowest BCUT2D eigenvalue weighted by molar-refractivity contribution is 0.0787. The molecular weight excluding hydrogens is 326 g/mol. The van der Waals surface area contributed by atoms with Gasteiger partial charge in [-0.1, -0.05) is 53.4 Å². The zero-order valence-electron chi connectivity index (χ0n) is 12.6. The van der Waals surface area contributed by atoms with Gasteiger partial charge in [-0.05, 0) is 37.3 Å². The van der Waals surface area contributed by atoms with Crippen LogP contribution in [0.1, 0.15) is 48.9 Å². The Hall–Kier alpha value is -0.670. The molecule has 0 bridgehead atoms. The van der Waals surface area contributed by atoms with Crippen LogP contribution in [0.25, 0.3) is 0 Å². The van der Waals surface area contributed by atoms with Crippen LogP contribution < -0.4 is 0 Å². The normalized spacial score (nSPS) is 26.3. The summed E-state index contributed by atoms with van der Waals surface area (Å²) in [5, 5.41) is 0. The van der Waals surface area contributed by atoms with Gasteiger partial charge >= 0.3 is 0 Å². The van der Waals surface area contributed by atoms with Crippen LogP contribution in [0.2, 0.25) is 0 Å². The van der Waals surface area contributed by atoms with E-state index in [-0.39, 0.29) is 5.78 Å². The molecule has 1 heterocycles. The second kappa shape index (κ2) is 7.06. The number of rotatable bonds is 4. The Bertz CT molecular complexity index is 502. The van der Waals surface area contributed by atoms with Crippen LogP contribution in [-0.4, -0.2) is 30.3 Å². The van der Waals surface area contributed by atoms with Gasteiger partial charge in [0.2, 0.25) is 0 Å². The number of carbonyl (C=O) groups excluding carboxylic acids is 1. The van der Waals surface area contributed by atoms with E-state index in [0.717, 1.165) is 28.4 Å². The zero-order valence-corrected chi connectivity index (χ0v) is 14.1. The maximum Gasteiger partial charge on any atom is 0.165 e. The monoisotopic (exact) mass is 349 g/mol. The second-order valence-electron chi connectivity index (χ2n) is 6.55. The maximum absolute atomic E-state index is 12.3. The molecule has 2 aliphatic rings. The lowest BCUT2D eigenvalue weighted by Crippen LogP contribution is -2.42. The fraction of sp³-hybridized carbons (Fsp3) is 0.611. The summed E-state index contributed by atoms with van der Waals surface area (Å²) < 4.78 is 0.918. The number of Topliss-reactive ketones (excluding diaryl/α,β-unsaturated/α-hetero) is 1. The highest BCUT2D eigenvalue weighted by Gasteiger charge is 2.30. The number of likely N-dealkylation sites (tertiary alicyclic amines) is 1. The fourth-order valence-corrected chi connectivity index (χ4v) is 4.47. The average Bonchev–Trinajstić information content (AvgIpc) is 2.53. The first-order valence-electron chi connectivity index (χ1n) is 8.24. The van der Waals surface area contributed by atoms with Crippen molar-refractivity contribution in [3.8, 4) is 0 Å². The molecule has 1 saturated heterocycles. The van der Waals surface area contributed by atoms with Gasteiger partial charge in [0, 0.05) is 29.5 Å². The van der Waals surface area contributed by atoms with Gasteiger partial charge in [0.25, 0.3) is 0 Å². The molecule has 0 amide bonds. The summed E-state index contributed by atoms with van der Waals surface area (Å²) in [5.74, 6) is 2.12. The predicted octanol–water partition coefficient (Wildman–Crippen LogP) is 4.53. The molecule has 3 heteroatoms. The van der Waals surface area contributed by atoms with Crippen molar-refractivity contribution in [3.05, 3.63) is 34.3 Å². The van der Waals surface area contributed by atoms with Crippen molar-refractivity contribution >= 4 is 21.7 Å². The van der Waals surface area contributed by atoms with Crippen molar-refractivity contribution in [2.45, 2.75) is 38.5 Å². The first-order valence-corrected chi connectivity index (χ1v) is 9.03. The van der Waals surface area contributed by atoms with E-state index < -0.39 is 0 Å². The Kier molecular flexibility index (Phi) is 5.12. The van der Waals surface area contributed by atoms with Gasteiger partial charge in [-0.3, -0.25) is 4.79 Å². The van der Waals surface area contributed by atoms with Gasteiger partial charge < -0.3 is 4.90 Å². The molecule has 2 atom stereocenters. The molecule has 1 aromatic rings. The highest BCUT2D eigenvalue weighted by molar-refractivity contribution is 9.10. The summed E-state index contributed by atoms with van der Waals surface area (Å²) in [5.41, 5.74) is 0.824. The minimum absolute atomic E-state index is 0.258. The van der Waals surface area contributed by atoms with Gasteiger partial charge in [0.1, 0.15) is 0 Å². The summed E-state index contributed by atoms with van der Waals surface area (Å²) in [7, 11) is 0. The molecule has 1 aromatic carbocycles. The molecule has 2 unspecified atom stereocenters. The average molecular weight is 350 g/mol. The molecule has 2 fully saturated rings. The van der Waals surface area contributed by atoms with Crippen molar-refractivity contribution in [3.63, 3.8) is 0 Å². The van der Waals surface area contributed by atoms with Crippen molar-refractivity contribution in [2.24, 2.45) is 11.8 Å². The van der Waals surface area contributed by atoms with E-state index in [9.17, 15) is 4.79 Å². The zero-order chi connectivity index (χ0) is 14.7. The minimum atomic E-state index is 0.258. The summed E-state index contributed by atoms with van der Waals surface area (Å²) in [6.45, 7) is 3.32. The number of halogens is 1. The van der Waals surface area contributed by atoms with Gasteiger partial charge in [-0.15, -0.1) is 0 Å². The number of piperidine rings is 1. The number of hydrogen-bond donors (Lipinski definition) is 0. The van der Waals surface area contributed by atoms with Crippen LogP contribution in [0.4, 0.5) is 0 Å². The fourth-order valence-electron chi connectivity index (χ4n) is 3.96. The van der Waals surface area contributed by atoms with Crippen molar-refractivity contribution in [2.75, 3.05) is 19.6 Å². The molecule has 21 heavy (non-hydrogen) atoms. The van der Waals surface area contributed by atoms with Crippen molar-refractivity contribution in [1.29, 1.82) is 0 Å². The third-order valence-corrected chi connectivity index (χ3v) is 5.90. The van der Waals surface area contributed by atoms with Crippen LogP contribution >= 0.6 is 15.9 Å². The number of benzene rings is 1. The molecule has 3 rings (SSSR count). The SMILES string of the molecule is O=C(CCN1CCC2CCCCC2C1)c1ccccc1Br.